The number of hydrogen-bond donors (Lipinski definition) is 2. The van der Waals surface area contributed by atoms with Crippen molar-refractivity contribution in [2.24, 2.45) is 0 Å². The Morgan fingerprint density at radius 3 is 2.74 bits per heavy atom. The minimum absolute atomic E-state index is 0.0682. The number of carbonyl (C=O) groups excluding carboxylic acids is 2. The summed E-state index contributed by atoms with van der Waals surface area (Å²) in [6, 6.07) is 5.72. The molecule has 23 heavy (non-hydrogen) atoms. The normalized spacial score (nSPS) is 21.0. The van der Waals surface area contributed by atoms with E-state index >= 15 is 0 Å². The molecule has 2 aromatic rings. The second-order valence-electron chi connectivity index (χ2n) is 6.52. The number of likely N-dealkylation sites (tertiary alicyclic amines) is 1. The number of aromatic amines is 1. The van der Waals surface area contributed by atoms with Gasteiger partial charge in [-0.05, 0) is 51.3 Å². The summed E-state index contributed by atoms with van der Waals surface area (Å²) in [6.45, 7) is 6.49. The standard InChI is InChI=1S/C18H23N3O2/c1-11-12(2)20-14-8-5-7-13(15(11)14)16(22)21-10-6-9-18(21,3)17(23)19-4/h5,7-8,20H,6,9-10H2,1-4H3,(H,19,23). The summed E-state index contributed by atoms with van der Waals surface area (Å²) < 4.78 is 0. The van der Waals surface area contributed by atoms with Gasteiger partial charge in [-0.2, -0.15) is 0 Å². The van der Waals surface area contributed by atoms with Crippen LogP contribution in [0.5, 0.6) is 0 Å². The van der Waals surface area contributed by atoms with Crippen molar-refractivity contribution in [3.05, 3.63) is 35.0 Å². The Bertz CT molecular complexity index is 793. The van der Waals surface area contributed by atoms with E-state index in [4.69, 9.17) is 0 Å². The number of H-pyrrole nitrogens is 1. The van der Waals surface area contributed by atoms with Crippen molar-refractivity contribution in [3.63, 3.8) is 0 Å². The highest BCUT2D eigenvalue weighted by atomic mass is 16.2. The van der Waals surface area contributed by atoms with Crippen molar-refractivity contribution in [1.82, 2.24) is 15.2 Å². The number of aryl methyl sites for hydroxylation is 2. The summed E-state index contributed by atoms with van der Waals surface area (Å²) in [6.07, 6.45) is 1.54. The maximum Gasteiger partial charge on any atom is 0.255 e. The second kappa shape index (κ2) is 5.41. The number of nitrogens with one attached hydrogen (secondary N) is 2. The Morgan fingerprint density at radius 1 is 1.30 bits per heavy atom. The maximum absolute atomic E-state index is 13.2. The summed E-state index contributed by atoms with van der Waals surface area (Å²) in [4.78, 5) is 30.5. The van der Waals surface area contributed by atoms with E-state index in [2.05, 4.69) is 10.3 Å². The fourth-order valence-corrected chi connectivity index (χ4v) is 3.66. The van der Waals surface area contributed by atoms with Gasteiger partial charge in [0.25, 0.3) is 5.91 Å². The third-order valence-corrected chi connectivity index (χ3v) is 5.16. The monoisotopic (exact) mass is 313 g/mol. The Balaban J connectivity index is 2.09. The molecule has 2 heterocycles. The lowest BCUT2D eigenvalue weighted by Crippen LogP contribution is -2.54. The maximum atomic E-state index is 13.2. The Hall–Kier alpha value is -2.30. The summed E-state index contributed by atoms with van der Waals surface area (Å²) >= 11 is 0. The zero-order valence-electron chi connectivity index (χ0n) is 14.1. The number of amides is 2. The third kappa shape index (κ3) is 2.22. The molecule has 0 saturated carbocycles. The van der Waals surface area contributed by atoms with Crippen LogP contribution in [0.25, 0.3) is 10.9 Å². The quantitative estimate of drug-likeness (QED) is 0.895. The average molecular weight is 313 g/mol. The van der Waals surface area contributed by atoms with Crippen LogP contribution in [0.15, 0.2) is 18.2 Å². The molecule has 122 valence electrons. The molecule has 3 rings (SSSR count). The number of fused-ring (bicyclic) bond motifs is 1. The van der Waals surface area contributed by atoms with Crippen LogP contribution in [0.2, 0.25) is 0 Å². The third-order valence-electron chi connectivity index (χ3n) is 5.16. The highest BCUT2D eigenvalue weighted by Crippen LogP contribution is 2.33. The van der Waals surface area contributed by atoms with Gasteiger partial charge in [-0.3, -0.25) is 9.59 Å². The molecular formula is C18H23N3O2. The van der Waals surface area contributed by atoms with Crippen LogP contribution in [0.3, 0.4) is 0 Å². The predicted octanol–water partition coefficient (Wildman–Crippen LogP) is 2.53. The molecule has 0 spiro atoms. The lowest BCUT2D eigenvalue weighted by atomic mass is 9.96. The van der Waals surface area contributed by atoms with Gasteiger partial charge in [-0.1, -0.05) is 6.07 Å². The van der Waals surface area contributed by atoms with E-state index in [0.717, 1.165) is 28.6 Å². The molecule has 1 aliphatic heterocycles. The van der Waals surface area contributed by atoms with Gasteiger partial charge in [0.1, 0.15) is 5.54 Å². The average Bonchev–Trinajstić information content (AvgIpc) is 3.07. The first-order valence-electron chi connectivity index (χ1n) is 8.02. The van der Waals surface area contributed by atoms with Crippen molar-refractivity contribution >= 4 is 22.7 Å². The van der Waals surface area contributed by atoms with Crippen molar-refractivity contribution < 1.29 is 9.59 Å². The lowest BCUT2D eigenvalue weighted by molar-refractivity contribution is -0.129. The van der Waals surface area contributed by atoms with E-state index in [-0.39, 0.29) is 11.8 Å². The van der Waals surface area contributed by atoms with Crippen LogP contribution in [-0.2, 0) is 4.79 Å². The molecule has 0 bridgehead atoms. The van der Waals surface area contributed by atoms with Crippen LogP contribution in [0, 0.1) is 13.8 Å². The number of likely N-dealkylation sites (N-methyl/N-ethyl adjacent to an activating group) is 1. The molecule has 1 aromatic carbocycles. The molecule has 5 nitrogen and oxygen atoms in total. The van der Waals surface area contributed by atoms with Gasteiger partial charge in [0.05, 0.1) is 0 Å². The second-order valence-corrected chi connectivity index (χ2v) is 6.52. The van der Waals surface area contributed by atoms with Crippen molar-refractivity contribution in [2.75, 3.05) is 13.6 Å². The molecular weight excluding hydrogens is 290 g/mol. The fraction of sp³-hybridized carbons (Fsp3) is 0.444. The van der Waals surface area contributed by atoms with Crippen LogP contribution < -0.4 is 5.32 Å². The summed E-state index contributed by atoms with van der Waals surface area (Å²) in [5.41, 5.74) is 3.02. The molecule has 0 aliphatic carbocycles. The molecule has 1 unspecified atom stereocenters. The van der Waals surface area contributed by atoms with Crippen molar-refractivity contribution in [1.29, 1.82) is 0 Å². The summed E-state index contributed by atoms with van der Waals surface area (Å²) in [5, 5.41) is 3.66. The van der Waals surface area contributed by atoms with Crippen molar-refractivity contribution in [3.8, 4) is 0 Å². The number of hydrogen-bond acceptors (Lipinski definition) is 2. The first kappa shape index (κ1) is 15.6. The van der Waals surface area contributed by atoms with Crippen LogP contribution in [0.4, 0.5) is 0 Å². The van der Waals surface area contributed by atoms with E-state index < -0.39 is 5.54 Å². The number of rotatable bonds is 2. The zero-order valence-corrected chi connectivity index (χ0v) is 14.1. The Labute approximate surface area is 136 Å². The van der Waals surface area contributed by atoms with E-state index in [1.807, 2.05) is 39.0 Å². The minimum atomic E-state index is -0.771. The van der Waals surface area contributed by atoms with Gasteiger partial charge in [-0.25, -0.2) is 0 Å². The number of carbonyl (C=O) groups is 2. The van der Waals surface area contributed by atoms with Crippen molar-refractivity contribution in [2.45, 2.75) is 39.2 Å². The molecule has 0 radical (unpaired) electrons. The van der Waals surface area contributed by atoms with Crippen LogP contribution in [-0.4, -0.2) is 40.8 Å². The van der Waals surface area contributed by atoms with E-state index in [9.17, 15) is 9.59 Å². The molecule has 2 N–H and O–H groups in total. The van der Waals surface area contributed by atoms with E-state index in [1.54, 1.807) is 11.9 Å². The first-order valence-corrected chi connectivity index (χ1v) is 8.02. The molecule has 5 heteroatoms. The largest absolute Gasteiger partial charge is 0.358 e. The summed E-state index contributed by atoms with van der Waals surface area (Å²) in [7, 11) is 1.62. The molecule has 1 aliphatic rings. The predicted molar refractivity (Wildman–Crippen MR) is 90.5 cm³/mol. The Kier molecular flexibility index (Phi) is 3.66. The van der Waals surface area contributed by atoms with Crippen LogP contribution in [0.1, 0.15) is 41.4 Å². The van der Waals surface area contributed by atoms with Gasteiger partial charge in [0.2, 0.25) is 5.91 Å². The van der Waals surface area contributed by atoms with Gasteiger partial charge < -0.3 is 15.2 Å². The number of nitrogens with zero attached hydrogens (tertiary/aromatic N) is 1. The molecule has 2 amide bonds. The van der Waals surface area contributed by atoms with Gasteiger partial charge >= 0.3 is 0 Å². The Morgan fingerprint density at radius 2 is 2.04 bits per heavy atom. The fourth-order valence-electron chi connectivity index (χ4n) is 3.66. The van der Waals surface area contributed by atoms with Crippen LogP contribution >= 0.6 is 0 Å². The van der Waals surface area contributed by atoms with E-state index in [1.165, 1.54) is 0 Å². The lowest BCUT2D eigenvalue weighted by Gasteiger charge is -2.33. The highest BCUT2D eigenvalue weighted by Gasteiger charge is 2.45. The smallest absolute Gasteiger partial charge is 0.255 e. The number of aromatic nitrogens is 1. The summed E-state index contributed by atoms with van der Waals surface area (Å²) in [5.74, 6) is -0.168. The first-order chi connectivity index (χ1) is 10.9. The van der Waals surface area contributed by atoms with Gasteiger partial charge in [0, 0.05) is 35.8 Å². The molecule has 1 aromatic heterocycles. The van der Waals surface area contributed by atoms with E-state index in [0.29, 0.717) is 18.5 Å². The molecule has 1 fully saturated rings. The van der Waals surface area contributed by atoms with Gasteiger partial charge in [0.15, 0.2) is 0 Å². The highest BCUT2D eigenvalue weighted by molar-refractivity contribution is 6.09. The molecule has 1 atom stereocenters. The SMILES string of the molecule is CNC(=O)C1(C)CCCN1C(=O)c1cccc2[nH]c(C)c(C)c12. The van der Waals surface area contributed by atoms with Gasteiger partial charge in [-0.15, -0.1) is 0 Å². The number of benzene rings is 1. The molecule has 1 saturated heterocycles. The zero-order chi connectivity index (χ0) is 16.8. The minimum Gasteiger partial charge on any atom is -0.358 e. The topological polar surface area (TPSA) is 65.2 Å².